The number of nitrogens with zero attached hydrogens (tertiary/aromatic N) is 1. The number of amides is 1. The van der Waals surface area contributed by atoms with Crippen LogP contribution < -0.4 is 0 Å². The van der Waals surface area contributed by atoms with Gasteiger partial charge in [-0.25, -0.2) is 0 Å². The van der Waals surface area contributed by atoms with E-state index in [4.69, 9.17) is 0 Å². The fourth-order valence-corrected chi connectivity index (χ4v) is 3.83. The molecule has 2 unspecified atom stereocenters. The lowest BCUT2D eigenvalue weighted by atomic mass is 9.94. The molecule has 0 aromatic heterocycles. The molecule has 1 fully saturated rings. The van der Waals surface area contributed by atoms with E-state index in [0.717, 1.165) is 6.42 Å². The number of carbonyl (C=O) groups excluding carboxylic acids is 1. The zero-order valence-corrected chi connectivity index (χ0v) is 10.9. The molecule has 0 aliphatic carbocycles. The van der Waals surface area contributed by atoms with Crippen molar-refractivity contribution in [2.24, 2.45) is 5.41 Å². The molecule has 1 aliphatic rings. The lowest BCUT2D eigenvalue weighted by molar-refractivity contribution is -0.139. The van der Waals surface area contributed by atoms with E-state index in [1.807, 2.05) is 20.8 Å². The van der Waals surface area contributed by atoms with Crippen LogP contribution in [0.15, 0.2) is 0 Å². The molecule has 1 aliphatic heterocycles. The van der Waals surface area contributed by atoms with Gasteiger partial charge in [-0.05, 0) is 21.8 Å². The van der Waals surface area contributed by atoms with Gasteiger partial charge in [0.1, 0.15) is 0 Å². The quantitative estimate of drug-likeness (QED) is 0.631. The Morgan fingerprint density at radius 2 is 2.00 bits per heavy atom. The third-order valence-corrected chi connectivity index (χ3v) is 4.80. The Balaban J connectivity index is 2.72. The fourth-order valence-electron chi connectivity index (χ4n) is 1.87. The summed E-state index contributed by atoms with van der Waals surface area (Å²) in [7, 11) is -0.109. The zero-order chi connectivity index (χ0) is 11.9. The molecule has 0 radical (unpaired) electrons. The van der Waals surface area contributed by atoms with Gasteiger partial charge in [0.15, 0.2) is 0 Å². The zero-order valence-electron chi connectivity index (χ0n) is 10.1. The SMILES string of the molecule is C=S1(=O)CCC(N(C)C(=O)C(C)(C)C)C1. The molecular weight excluding hydrogens is 210 g/mol. The van der Waals surface area contributed by atoms with Gasteiger partial charge >= 0.3 is 0 Å². The topological polar surface area (TPSA) is 37.4 Å². The minimum atomic E-state index is -1.91. The fraction of sp³-hybridized carbons (Fsp3) is 0.818. The van der Waals surface area contributed by atoms with Crippen molar-refractivity contribution in [3.8, 4) is 0 Å². The summed E-state index contributed by atoms with van der Waals surface area (Å²) in [6.07, 6.45) is 0.820. The Hall–Kier alpha value is -0.510. The van der Waals surface area contributed by atoms with E-state index in [1.54, 1.807) is 11.9 Å². The van der Waals surface area contributed by atoms with E-state index in [2.05, 4.69) is 5.87 Å². The molecular formula is C11H21NO2S. The number of hydrogen-bond acceptors (Lipinski definition) is 2. The highest BCUT2D eigenvalue weighted by Gasteiger charge is 2.33. The summed E-state index contributed by atoms with van der Waals surface area (Å²) in [5, 5.41) is 0. The molecule has 0 aromatic rings. The van der Waals surface area contributed by atoms with Gasteiger partial charge in [-0.3, -0.25) is 9.00 Å². The summed E-state index contributed by atoms with van der Waals surface area (Å²) in [6, 6.07) is 0.113. The minimum absolute atomic E-state index is 0.113. The van der Waals surface area contributed by atoms with E-state index in [0.29, 0.717) is 11.5 Å². The van der Waals surface area contributed by atoms with Crippen molar-refractivity contribution in [2.75, 3.05) is 18.6 Å². The standard InChI is InChI=1S/C11H21NO2S/c1-11(2,3)10(13)12(4)9-6-7-15(5,14)8-9/h9H,5-8H2,1-4H3. The Bertz CT molecular complexity index is 351. The van der Waals surface area contributed by atoms with Crippen molar-refractivity contribution in [1.29, 1.82) is 0 Å². The first-order valence-corrected chi connectivity index (χ1v) is 7.30. The molecule has 0 bridgehead atoms. The van der Waals surface area contributed by atoms with Crippen LogP contribution in [0.4, 0.5) is 0 Å². The Morgan fingerprint density at radius 1 is 1.47 bits per heavy atom. The van der Waals surface area contributed by atoms with Crippen molar-refractivity contribution < 1.29 is 9.00 Å². The van der Waals surface area contributed by atoms with Crippen LogP contribution in [0.3, 0.4) is 0 Å². The number of hydrogen-bond donors (Lipinski definition) is 0. The lowest BCUT2D eigenvalue weighted by Crippen LogP contribution is -2.43. The Morgan fingerprint density at radius 3 is 2.33 bits per heavy atom. The molecule has 1 rings (SSSR count). The molecule has 1 saturated heterocycles. The maximum Gasteiger partial charge on any atom is 0.227 e. The summed E-state index contributed by atoms with van der Waals surface area (Å²) in [6.45, 7) is 5.72. The second-order valence-electron chi connectivity index (χ2n) is 5.45. The molecule has 0 saturated carbocycles. The summed E-state index contributed by atoms with van der Waals surface area (Å²) >= 11 is 0. The minimum Gasteiger partial charge on any atom is -0.341 e. The summed E-state index contributed by atoms with van der Waals surface area (Å²) < 4.78 is 11.7. The third-order valence-electron chi connectivity index (χ3n) is 2.83. The van der Waals surface area contributed by atoms with Gasteiger partial charge in [0, 0.05) is 30.0 Å². The van der Waals surface area contributed by atoms with Gasteiger partial charge in [-0.1, -0.05) is 20.8 Å². The average molecular weight is 231 g/mol. The molecule has 4 heteroatoms. The van der Waals surface area contributed by atoms with E-state index in [-0.39, 0.29) is 17.4 Å². The van der Waals surface area contributed by atoms with Crippen molar-refractivity contribution in [3.05, 3.63) is 0 Å². The molecule has 1 heterocycles. The number of rotatable bonds is 1. The Labute approximate surface area is 92.9 Å². The summed E-state index contributed by atoms with van der Waals surface area (Å²) in [4.78, 5) is 13.7. The summed E-state index contributed by atoms with van der Waals surface area (Å²) in [5.41, 5.74) is -0.362. The van der Waals surface area contributed by atoms with E-state index in [1.165, 1.54) is 0 Å². The van der Waals surface area contributed by atoms with Gasteiger partial charge < -0.3 is 4.90 Å². The van der Waals surface area contributed by atoms with Crippen LogP contribution in [0.1, 0.15) is 27.2 Å². The molecule has 1 amide bonds. The van der Waals surface area contributed by atoms with Crippen molar-refractivity contribution in [1.82, 2.24) is 4.90 Å². The van der Waals surface area contributed by atoms with Crippen LogP contribution in [-0.2, 0) is 14.3 Å². The first kappa shape index (κ1) is 12.6. The van der Waals surface area contributed by atoms with Crippen molar-refractivity contribution in [3.63, 3.8) is 0 Å². The van der Waals surface area contributed by atoms with E-state index < -0.39 is 9.52 Å². The first-order valence-electron chi connectivity index (χ1n) is 5.23. The first-order chi connectivity index (χ1) is 6.63. The Kier molecular flexibility index (Phi) is 3.19. The smallest absolute Gasteiger partial charge is 0.227 e. The lowest BCUT2D eigenvalue weighted by Gasteiger charge is -2.30. The summed E-state index contributed by atoms with van der Waals surface area (Å²) in [5.74, 6) is 5.04. The van der Waals surface area contributed by atoms with Gasteiger partial charge in [0.05, 0.1) is 0 Å². The largest absolute Gasteiger partial charge is 0.341 e. The van der Waals surface area contributed by atoms with E-state index in [9.17, 15) is 9.00 Å². The third kappa shape index (κ3) is 2.97. The number of carbonyl (C=O) groups is 1. The molecule has 0 N–H and O–H groups in total. The molecule has 3 nitrogen and oxygen atoms in total. The average Bonchev–Trinajstić information content (AvgIpc) is 2.42. The second kappa shape index (κ2) is 3.81. The molecule has 88 valence electrons. The maximum absolute atomic E-state index is 12.0. The molecule has 0 aromatic carbocycles. The van der Waals surface area contributed by atoms with Gasteiger partial charge in [-0.2, -0.15) is 0 Å². The van der Waals surface area contributed by atoms with Crippen LogP contribution in [-0.4, -0.2) is 45.5 Å². The van der Waals surface area contributed by atoms with Gasteiger partial charge in [-0.15, -0.1) is 0 Å². The van der Waals surface area contributed by atoms with Crippen LogP contribution in [0, 0.1) is 5.41 Å². The monoisotopic (exact) mass is 231 g/mol. The van der Waals surface area contributed by atoms with Crippen molar-refractivity contribution in [2.45, 2.75) is 33.2 Å². The van der Waals surface area contributed by atoms with E-state index >= 15 is 0 Å². The molecule has 2 atom stereocenters. The molecule has 15 heavy (non-hydrogen) atoms. The predicted octanol–water partition coefficient (Wildman–Crippen LogP) is 0.980. The van der Waals surface area contributed by atoms with Crippen LogP contribution in [0.2, 0.25) is 0 Å². The highest BCUT2D eigenvalue weighted by atomic mass is 32.2. The van der Waals surface area contributed by atoms with Crippen LogP contribution in [0.5, 0.6) is 0 Å². The maximum atomic E-state index is 12.0. The van der Waals surface area contributed by atoms with Crippen LogP contribution >= 0.6 is 0 Å². The highest BCUT2D eigenvalue weighted by molar-refractivity contribution is 8.00. The van der Waals surface area contributed by atoms with Crippen molar-refractivity contribution >= 4 is 21.3 Å². The van der Waals surface area contributed by atoms with Gasteiger partial charge in [0.2, 0.25) is 5.91 Å². The highest BCUT2D eigenvalue weighted by Crippen LogP contribution is 2.22. The normalized spacial score (nSPS) is 31.6. The molecule has 0 spiro atoms. The second-order valence-corrected chi connectivity index (χ2v) is 8.12. The predicted molar refractivity (Wildman–Crippen MR) is 65.6 cm³/mol. The van der Waals surface area contributed by atoms with Gasteiger partial charge in [0.25, 0.3) is 0 Å². The van der Waals surface area contributed by atoms with Crippen LogP contribution in [0.25, 0.3) is 0 Å².